The minimum Gasteiger partial charge on any atom is -0.396 e. The van der Waals surface area contributed by atoms with Crippen LogP contribution in [0, 0.1) is 12.3 Å². The predicted octanol–water partition coefficient (Wildman–Crippen LogP) is 2.64. The number of unbranched alkanes of at least 4 members (excludes halogenated alkanes) is 2. The van der Waals surface area contributed by atoms with E-state index in [0.29, 0.717) is 5.69 Å². The van der Waals surface area contributed by atoms with Crippen LogP contribution in [0.25, 0.3) is 0 Å². The van der Waals surface area contributed by atoms with Crippen LogP contribution in [0.15, 0.2) is 16.7 Å². The van der Waals surface area contributed by atoms with Crippen molar-refractivity contribution in [3.63, 3.8) is 0 Å². The first-order valence-electron chi connectivity index (χ1n) is 4.82. The Labute approximate surface area is 98.6 Å². The molecule has 0 bridgehead atoms. The molecule has 0 saturated carbocycles. The van der Waals surface area contributed by atoms with Crippen molar-refractivity contribution in [3.8, 4) is 12.3 Å². The van der Waals surface area contributed by atoms with E-state index in [0.717, 1.165) is 36.1 Å². The molecule has 1 aromatic rings. The van der Waals surface area contributed by atoms with Gasteiger partial charge in [0, 0.05) is 23.6 Å². The zero-order chi connectivity index (χ0) is 11.1. The first-order valence-corrected chi connectivity index (χ1v) is 5.61. The third-order valence-corrected chi connectivity index (χ3v) is 2.36. The number of nitrogens with two attached hydrogens (primary N) is 1. The van der Waals surface area contributed by atoms with Gasteiger partial charge in [0.15, 0.2) is 0 Å². The molecule has 0 aliphatic heterocycles. The van der Waals surface area contributed by atoms with Crippen LogP contribution in [0.2, 0.25) is 0 Å². The van der Waals surface area contributed by atoms with Crippen molar-refractivity contribution in [3.05, 3.63) is 16.7 Å². The van der Waals surface area contributed by atoms with Crippen LogP contribution in [0.3, 0.4) is 0 Å². The Kier molecular flexibility index (Phi) is 4.99. The van der Waals surface area contributed by atoms with Crippen molar-refractivity contribution in [2.45, 2.75) is 19.3 Å². The molecule has 3 nitrogen and oxygen atoms in total. The normalized spacial score (nSPS) is 9.60. The average molecular weight is 268 g/mol. The molecular formula is C11H14BrN3. The van der Waals surface area contributed by atoms with Crippen LogP contribution in [0.4, 0.5) is 11.5 Å². The highest BCUT2D eigenvalue weighted by Gasteiger charge is 1.99. The molecule has 1 heterocycles. The Morgan fingerprint density at radius 3 is 3.00 bits per heavy atom. The van der Waals surface area contributed by atoms with Gasteiger partial charge in [0.05, 0.1) is 5.69 Å². The molecule has 0 aliphatic carbocycles. The third-order valence-electron chi connectivity index (χ3n) is 1.92. The predicted molar refractivity (Wildman–Crippen MR) is 67.5 cm³/mol. The Morgan fingerprint density at radius 2 is 2.33 bits per heavy atom. The average Bonchev–Trinajstić information content (AvgIpc) is 2.20. The molecule has 1 aromatic heterocycles. The van der Waals surface area contributed by atoms with Gasteiger partial charge in [-0.3, -0.25) is 0 Å². The van der Waals surface area contributed by atoms with Crippen molar-refractivity contribution in [1.82, 2.24) is 4.98 Å². The Bertz CT molecular complexity index is 357. The Balaban J connectivity index is 2.35. The number of rotatable bonds is 5. The fourth-order valence-corrected chi connectivity index (χ4v) is 1.51. The first-order chi connectivity index (χ1) is 7.24. The maximum absolute atomic E-state index is 5.77. The van der Waals surface area contributed by atoms with Crippen LogP contribution >= 0.6 is 15.9 Å². The number of aromatic nitrogens is 1. The number of anilines is 2. The standard InChI is InChI=1S/C11H14BrN3/c1-2-3-4-5-6-14-11-10(13)7-9(12)8-15-11/h1,7-8H,3-6,13H2,(H,14,15). The molecule has 0 unspecified atom stereocenters. The molecule has 15 heavy (non-hydrogen) atoms. The van der Waals surface area contributed by atoms with Crippen molar-refractivity contribution in [1.29, 1.82) is 0 Å². The van der Waals surface area contributed by atoms with Gasteiger partial charge in [0.25, 0.3) is 0 Å². The smallest absolute Gasteiger partial charge is 0.149 e. The topological polar surface area (TPSA) is 50.9 Å². The zero-order valence-electron chi connectivity index (χ0n) is 8.46. The number of halogens is 1. The van der Waals surface area contributed by atoms with E-state index in [4.69, 9.17) is 12.2 Å². The minimum absolute atomic E-state index is 0.654. The lowest BCUT2D eigenvalue weighted by atomic mass is 10.2. The maximum Gasteiger partial charge on any atom is 0.149 e. The second-order valence-corrected chi connectivity index (χ2v) is 4.10. The first kappa shape index (κ1) is 11.9. The summed E-state index contributed by atoms with van der Waals surface area (Å²) in [5.41, 5.74) is 6.43. The quantitative estimate of drug-likeness (QED) is 0.637. The number of nitrogens with zero attached hydrogens (tertiary/aromatic N) is 1. The zero-order valence-corrected chi connectivity index (χ0v) is 10.0. The molecule has 0 saturated heterocycles. The monoisotopic (exact) mass is 267 g/mol. The van der Waals surface area contributed by atoms with E-state index >= 15 is 0 Å². The molecule has 0 amide bonds. The van der Waals surface area contributed by atoms with Crippen molar-refractivity contribution in [2.75, 3.05) is 17.6 Å². The van der Waals surface area contributed by atoms with Gasteiger partial charge in [-0.05, 0) is 34.8 Å². The van der Waals surface area contributed by atoms with Crippen molar-refractivity contribution < 1.29 is 0 Å². The van der Waals surface area contributed by atoms with Crippen molar-refractivity contribution in [2.24, 2.45) is 0 Å². The number of nitrogens with one attached hydrogen (secondary N) is 1. The Hall–Kier alpha value is -1.21. The van der Waals surface area contributed by atoms with Gasteiger partial charge in [-0.15, -0.1) is 12.3 Å². The molecule has 0 radical (unpaired) electrons. The number of pyridine rings is 1. The summed E-state index contributed by atoms with van der Waals surface area (Å²) < 4.78 is 0.887. The largest absolute Gasteiger partial charge is 0.396 e. The number of terminal acetylenes is 1. The summed E-state index contributed by atoms with van der Waals surface area (Å²) >= 11 is 3.31. The highest BCUT2D eigenvalue weighted by atomic mass is 79.9. The van der Waals surface area contributed by atoms with Gasteiger partial charge in [-0.1, -0.05) is 0 Å². The molecule has 4 heteroatoms. The summed E-state index contributed by atoms with van der Waals surface area (Å²) in [6.07, 6.45) is 9.76. The molecule has 0 aromatic carbocycles. The second-order valence-electron chi connectivity index (χ2n) is 3.18. The summed E-state index contributed by atoms with van der Waals surface area (Å²) in [6, 6.07) is 1.83. The Morgan fingerprint density at radius 1 is 1.53 bits per heavy atom. The summed E-state index contributed by atoms with van der Waals surface area (Å²) in [5, 5.41) is 3.17. The highest BCUT2D eigenvalue weighted by molar-refractivity contribution is 9.10. The van der Waals surface area contributed by atoms with E-state index in [9.17, 15) is 0 Å². The molecule has 0 atom stereocenters. The molecular weight excluding hydrogens is 254 g/mol. The number of nitrogen functional groups attached to an aromatic ring is 1. The lowest BCUT2D eigenvalue weighted by Crippen LogP contribution is -2.05. The van der Waals surface area contributed by atoms with Crippen LogP contribution in [0.5, 0.6) is 0 Å². The van der Waals surface area contributed by atoms with Crippen LogP contribution in [0.1, 0.15) is 19.3 Å². The molecule has 3 N–H and O–H groups in total. The maximum atomic E-state index is 5.77. The number of hydrogen-bond acceptors (Lipinski definition) is 3. The highest BCUT2D eigenvalue weighted by Crippen LogP contribution is 2.19. The van der Waals surface area contributed by atoms with Gasteiger partial charge in [-0.25, -0.2) is 4.98 Å². The molecule has 0 aliphatic rings. The van der Waals surface area contributed by atoms with E-state index in [1.54, 1.807) is 6.20 Å². The van der Waals surface area contributed by atoms with E-state index in [1.807, 2.05) is 6.07 Å². The summed E-state index contributed by atoms with van der Waals surface area (Å²) in [6.45, 7) is 0.848. The van der Waals surface area contributed by atoms with E-state index in [1.165, 1.54) is 0 Å². The minimum atomic E-state index is 0.654. The van der Waals surface area contributed by atoms with E-state index in [2.05, 4.69) is 32.2 Å². The van der Waals surface area contributed by atoms with Gasteiger partial charge in [0.1, 0.15) is 5.82 Å². The lowest BCUT2D eigenvalue weighted by molar-refractivity contribution is 0.787. The summed E-state index contributed by atoms with van der Waals surface area (Å²) in [5.74, 6) is 3.35. The molecule has 0 spiro atoms. The SMILES string of the molecule is C#CCCCCNc1ncc(Br)cc1N. The van der Waals surface area contributed by atoms with Gasteiger partial charge in [0.2, 0.25) is 0 Å². The summed E-state index contributed by atoms with van der Waals surface area (Å²) in [4.78, 5) is 4.17. The second kappa shape index (κ2) is 6.31. The third kappa shape index (κ3) is 4.22. The lowest BCUT2D eigenvalue weighted by Gasteiger charge is -2.07. The van der Waals surface area contributed by atoms with Crippen LogP contribution in [-0.4, -0.2) is 11.5 Å². The number of hydrogen-bond donors (Lipinski definition) is 2. The van der Waals surface area contributed by atoms with Gasteiger partial charge >= 0.3 is 0 Å². The van der Waals surface area contributed by atoms with Crippen molar-refractivity contribution >= 4 is 27.4 Å². The molecule has 1 rings (SSSR count). The fraction of sp³-hybridized carbons (Fsp3) is 0.364. The molecule has 80 valence electrons. The van der Waals surface area contributed by atoms with Gasteiger partial charge in [-0.2, -0.15) is 0 Å². The van der Waals surface area contributed by atoms with Gasteiger partial charge < -0.3 is 11.1 Å². The summed E-state index contributed by atoms with van der Waals surface area (Å²) in [7, 11) is 0. The van der Waals surface area contributed by atoms with E-state index < -0.39 is 0 Å². The molecule has 0 fully saturated rings. The van der Waals surface area contributed by atoms with Crippen LogP contribution in [-0.2, 0) is 0 Å². The van der Waals surface area contributed by atoms with Crippen LogP contribution < -0.4 is 11.1 Å². The fourth-order valence-electron chi connectivity index (χ4n) is 1.16. The van der Waals surface area contributed by atoms with E-state index in [-0.39, 0.29) is 0 Å².